The van der Waals surface area contributed by atoms with Crippen LogP contribution in [0.25, 0.3) is 5.57 Å². The van der Waals surface area contributed by atoms with Gasteiger partial charge in [0.05, 0.1) is 17.9 Å². The van der Waals surface area contributed by atoms with Gasteiger partial charge in [-0.25, -0.2) is 4.79 Å². The van der Waals surface area contributed by atoms with Crippen molar-refractivity contribution in [2.45, 2.75) is 13.3 Å². The highest BCUT2D eigenvalue weighted by molar-refractivity contribution is 6.05. The first kappa shape index (κ1) is 16.5. The molecule has 0 unspecified atom stereocenters. The lowest BCUT2D eigenvalue weighted by Gasteiger charge is -2.09. The van der Waals surface area contributed by atoms with Gasteiger partial charge in [0, 0.05) is 6.42 Å². The lowest BCUT2D eigenvalue weighted by Crippen LogP contribution is -2.06. The fourth-order valence-corrected chi connectivity index (χ4v) is 2.21. The van der Waals surface area contributed by atoms with Crippen molar-refractivity contribution in [2.75, 3.05) is 6.61 Å². The van der Waals surface area contributed by atoms with Crippen LogP contribution in [0.1, 0.15) is 34.8 Å². The quantitative estimate of drug-likeness (QED) is 0.377. The van der Waals surface area contributed by atoms with Crippen LogP contribution in [-0.2, 0) is 4.74 Å². The van der Waals surface area contributed by atoms with Gasteiger partial charge in [-0.1, -0.05) is 54.2 Å². The Morgan fingerprint density at radius 3 is 2.39 bits per heavy atom. The summed E-state index contributed by atoms with van der Waals surface area (Å²) in [6, 6.07) is 16.5. The maximum Gasteiger partial charge on any atom is 0.338 e. The number of esters is 1. The second-order valence-electron chi connectivity index (χ2n) is 4.99. The van der Waals surface area contributed by atoms with Crippen molar-refractivity contribution < 1.29 is 14.7 Å². The third-order valence-corrected chi connectivity index (χ3v) is 3.39. The van der Waals surface area contributed by atoms with Crippen LogP contribution in [0, 0.1) is 0 Å². The van der Waals surface area contributed by atoms with Gasteiger partial charge in [-0.05, 0) is 35.8 Å². The second-order valence-corrected chi connectivity index (χ2v) is 4.99. The van der Waals surface area contributed by atoms with Crippen LogP contribution >= 0.6 is 0 Å². The third-order valence-electron chi connectivity index (χ3n) is 3.39. The van der Waals surface area contributed by atoms with Gasteiger partial charge >= 0.3 is 5.97 Å². The SMILES string of the molecule is C=C(C/C(=N/O)c1ccccc1)c1cccc(C(=O)OCC)c1. The summed E-state index contributed by atoms with van der Waals surface area (Å²) in [5, 5.41) is 12.6. The summed E-state index contributed by atoms with van der Waals surface area (Å²) in [5.74, 6) is -0.360. The Hall–Kier alpha value is -2.88. The highest BCUT2D eigenvalue weighted by atomic mass is 16.5. The Balaban J connectivity index is 2.17. The molecule has 0 heterocycles. The third kappa shape index (κ3) is 4.30. The molecule has 0 spiro atoms. The van der Waals surface area contributed by atoms with Gasteiger partial charge in [-0.3, -0.25) is 0 Å². The molecule has 0 aromatic heterocycles. The predicted octanol–water partition coefficient (Wildman–Crippen LogP) is 4.15. The van der Waals surface area contributed by atoms with E-state index in [1.807, 2.05) is 36.4 Å². The van der Waals surface area contributed by atoms with E-state index in [0.29, 0.717) is 24.3 Å². The van der Waals surface area contributed by atoms with Gasteiger partial charge in [0.1, 0.15) is 0 Å². The summed E-state index contributed by atoms with van der Waals surface area (Å²) in [7, 11) is 0. The van der Waals surface area contributed by atoms with E-state index in [9.17, 15) is 10.0 Å². The first-order chi connectivity index (χ1) is 11.2. The lowest BCUT2D eigenvalue weighted by molar-refractivity contribution is 0.0526. The fourth-order valence-electron chi connectivity index (χ4n) is 2.21. The molecule has 0 saturated heterocycles. The number of nitrogens with zero attached hydrogens (tertiary/aromatic N) is 1. The minimum absolute atomic E-state index is 0.333. The Bertz CT molecular complexity index is 720. The zero-order valence-corrected chi connectivity index (χ0v) is 13.0. The second kappa shape index (κ2) is 7.94. The molecule has 0 amide bonds. The molecule has 4 nitrogen and oxygen atoms in total. The van der Waals surface area contributed by atoms with E-state index >= 15 is 0 Å². The Labute approximate surface area is 135 Å². The smallest absolute Gasteiger partial charge is 0.338 e. The Morgan fingerprint density at radius 1 is 1.09 bits per heavy atom. The minimum atomic E-state index is -0.360. The van der Waals surface area contributed by atoms with Crippen molar-refractivity contribution in [2.24, 2.45) is 5.16 Å². The topological polar surface area (TPSA) is 58.9 Å². The van der Waals surface area contributed by atoms with E-state index in [0.717, 1.165) is 16.7 Å². The number of allylic oxidation sites excluding steroid dienone is 1. The van der Waals surface area contributed by atoms with Gasteiger partial charge in [-0.15, -0.1) is 0 Å². The number of benzene rings is 2. The van der Waals surface area contributed by atoms with E-state index in [4.69, 9.17) is 4.74 Å². The molecule has 0 aliphatic carbocycles. The standard InChI is InChI=1S/C19H19NO3/c1-3-23-19(21)17-11-7-10-16(13-17)14(2)12-18(20-22)15-8-5-4-6-9-15/h4-11,13,22H,2-3,12H2,1H3/b20-18-. The molecular weight excluding hydrogens is 290 g/mol. The molecule has 1 N–H and O–H groups in total. The van der Waals surface area contributed by atoms with E-state index < -0.39 is 0 Å². The average Bonchev–Trinajstić information content (AvgIpc) is 2.60. The largest absolute Gasteiger partial charge is 0.462 e. The molecular formula is C19H19NO3. The summed E-state index contributed by atoms with van der Waals surface area (Å²) >= 11 is 0. The maximum atomic E-state index is 11.8. The number of ether oxygens (including phenoxy) is 1. The van der Waals surface area contributed by atoms with Crippen molar-refractivity contribution >= 4 is 17.3 Å². The van der Waals surface area contributed by atoms with Crippen LogP contribution in [0.4, 0.5) is 0 Å². The monoisotopic (exact) mass is 309 g/mol. The van der Waals surface area contributed by atoms with Crippen molar-refractivity contribution in [3.05, 3.63) is 77.9 Å². The Kier molecular flexibility index (Phi) is 5.69. The molecule has 0 fully saturated rings. The molecule has 0 aliphatic rings. The van der Waals surface area contributed by atoms with E-state index in [1.54, 1.807) is 25.1 Å². The van der Waals surface area contributed by atoms with E-state index in [1.165, 1.54) is 0 Å². The molecule has 2 aromatic carbocycles. The molecule has 23 heavy (non-hydrogen) atoms. The number of carbonyl (C=O) groups excluding carboxylic acids is 1. The van der Waals surface area contributed by atoms with Crippen LogP contribution in [0.5, 0.6) is 0 Å². The van der Waals surface area contributed by atoms with Gasteiger partial charge in [0.25, 0.3) is 0 Å². The molecule has 2 aromatic rings. The zero-order valence-electron chi connectivity index (χ0n) is 13.0. The summed E-state index contributed by atoms with van der Waals surface area (Å²) in [6.07, 6.45) is 0.382. The molecule has 0 bridgehead atoms. The molecule has 0 saturated carbocycles. The van der Waals surface area contributed by atoms with Gasteiger partial charge in [0.2, 0.25) is 0 Å². The summed E-state index contributed by atoms with van der Waals surface area (Å²) in [5.41, 5.74) is 3.41. The fraction of sp³-hybridized carbons (Fsp3) is 0.158. The molecule has 118 valence electrons. The number of oxime groups is 1. The molecule has 4 heteroatoms. The average molecular weight is 309 g/mol. The molecule has 2 rings (SSSR count). The summed E-state index contributed by atoms with van der Waals surface area (Å²) in [4.78, 5) is 11.8. The van der Waals surface area contributed by atoms with Crippen LogP contribution in [-0.4, -0.2) is 23.5 Å². The van der Waals surface area contributed by atoms with Crippen molar-refractivity contribution in [1.29, 1.82) is 0 Å². The first-order valence-electron chi connectivity index (χ1n) is 7.37. The molecule has 0 atom stereocenters. The van der Waals surface area contributed by atoms with Crippen LogP contribution in [0.15, 0.2) is 66.3 Å². The van der Waals surface area contributed by atoms with Crippen molar-refractivity contribution in [1.82, 2.24) is 0 Å². The highest BCUT2D eigenvalue weighted by Gasteiger charge is 2.11. The number of hydrogen-bond acceptors (Lipinski definition) is 4. The first-order valence-corrected chi connectivity index (χ1v) is 7.37. The van der Waals surface area contributed by atoms with Gasteiger partial charge in [0.15, 0.2) is 0 Å². The van der Waals surface area contributed by atoms with Gasteiger partial charge in [-0.2, -0.15) is 0 Å². The normalized spacial score (nSPS) is 11.1. The van der Waals surface area contributed by atoms with Crippen LogP contribution in [0.3, 0.4) is 0 Å². The van der Waals surface area contributed by atoms with Gasteiger partial charge < -0.3 is 9.94 Å². The Morgan fingerprint density at radius 2 is 1.74 bits per heavy atom. The highest BCUT2D eigenvalue weighted by Crippen LogP contribution is 2.21. The van der Waals surface area contributed by atoms with E-state index in [2.05, 4.69) is 11.7 Å². The number of hydrogen-bond donors (Lipinski definition) is 1. The van der Waals surface area contributed by atoms with E-state index in [-0.39, 0.29) is 5.97 Å². The molecule has 0 aliphatic heterocycles. The number of carbonyl (C=O) groups is 1. The maximum absolute atomic E-state index is 11.8. The van der Waals surface area contributed by atoms with Crippen LogP contribution < -0.4 is 0 Å². The summed E-state index contributed by atoms with van der Waals surface area (Å²) in [6.45, 7) is 6.14. The van der Waals surface area contributed by atoms with Crippen LogP contribution in [0.2, 0.25) is 0 Å². The number of rotatable bonds is 6. The zero-order chi connectivity index (χ0) is 16.7. The molecule has 0 radical (unpaired) electrons. The lowest BCUT2D eigenvalue weighted by atomic mass is 9.97. The summed E-state index contributed by atoms with van der Waals surface area (Å²) < 4.78 is 5.00. The predicted molar refractivity (Wildman–Crippen MR) is 90.8 cm³/mol. The minimum Gasteiger partial charge on any atom is -0.462 e. The van der Waals surface area contributed by atoms with Crippen molar-refractivity contribution in [3.63, 3.8) is 0 Å². The van der Waals surface area contributed by atoms with Crippen molar-refractivity contribution in [3.8, 4) is 0 Å².